The summed E-state index contributed by atoms with van der Waals surface area (Å²) >= 11 is 0. The molecule has 1 aromatic carbocycles. The molecule has 3 heterocycles. The Labute approximate surface area is 222 Å². The number of anilines is 2. The van der Waals surface area contributed by atoms with Crippen LogP contribution in [0.2, 0.25) is 0 Å². The SMILES string of the molecule is CC(C)Oc1ccc(-c2ccc(C(=O)NS(=O)(=O)c3cccc(N)n3)c(NC(C)c3ccccc3)n2)cn1.[HH]. The number of hydrogen-bond acceptors (Lipinski definition) is 9. The molecular weight excluding hydrogens is 504 g/mol. The number of amides is 1. The van der Waals surface area contributed by atoms with Crippen LogP contribution in [0.5, 0.6) is 5.88 Å². The second-order valence-electron chi connectivity index (χ2n) is 8.76. The minimum Gasteiger partial charge on any atom is -0.475 e. The van der Waals surface area contributed by atoms with Crippen molar-refractivity contribution in [2.24, 2.45) is 0 Å². The lowest BCUT2D eigenvalue weighted by Crippen LogP contribution is -2.32. The first kappa shape index (κ1) is 26.6. The standard InChI is InChI=1S/C27H28N6O4S.H2/c1-17(2)37-24-15-12-20(16-29-24)22-14-13-21(26(31-22)30-18(3)19-8-5-4-6-9-19)27(34)33-38(35,36)25-11-7-10-23(28)32-25;/h4-18H,1-3H3,(H2,28,32)(H,30,31)(H,33,34);1H. The van der Waals surface area contributed by atoms with E-state index in [4.69, 9.17) is 10.5 Å². The molecule has 38 heavy (non-hydrogen) atoms. The summed E-state index contributed by atoms with van der Waals surface area (Å²) in [6.07, 6.45) is 1.61. The average Bonchev–Trinajstić information content (AvgIpc) is 2.89. The van der Waals surface area contributed by atoms with Gasteiger partial charge in [0.05, 0.1) is 17.4 Å². The van der Waals surface area contributed by atoms with Crippen molar-refractivity contribution >= 4 is 27.6 Å². The van der Waals surface area contributed by atoms with Crippen molar-refractivity contribution in [2.75, 3.05) is 11.1 Å². The lowest BCUT2D eigenvalue weighted by atomic mass is 10.1. The lowest BCUT2D eigenvalue weighted by molar-refractivity contribution is 0.0981. The molecule has 1 unspecified atom stereocenters. The van der Waals surface area contributed by atoms with Crippen LogP contribution in [0.15, 0.2) is 84.0 Å². The number of hydrogen-bond donors (Lipinski definition) is 3. The molecule has 0 saturated carbocycles. The minimum absolute atomic E-state index is 0. The minimum atomic E-state index is -4.27. The maximum atomic E-state index is 13.2. The number of nitrogens with two attached hydrogens (primary N) is 1. The van der Waals surface area contributed by atoms with Gasteiger partial charge in [0.15, 0.2) is 5.03 Å². The molecule has 0 aliphatic heterocycles. The van der Waals surface area contributed by atoms with Crippen LogP contribution in [0, 0.1) is 0 Å². The Kier molecular flexibility index (Phi) is 7.87. The average molecular weight is 535 g/mol. The van der Waals surface area contributed by atoms with Crippen molar-refractivity contribution in [3.8, 4) is 17.1 Å². The summed E-state index contributed by atoms with van der Waals surface area (Å²) in [6.45, 7) is 5.74. The molecule has 4 rings (SSSR count). The van der Waals surface area contributed by atoms with Gasteiger partial charge in [0.1, 0.15) is 11.6 Å². The molecule has 0 spiro atoms. The number of ether oxygens (including phenoxy) is 1. The van der Waals surface area contributed by atoms with Crippen molar-refractivity contribution < 1.29 is 19.4 Å². The maximum Gasteiger partial charge on any atom is 0.281 e. The molecule has 3 aromatic heterocycles. The van der Waals surface area contributed by atoms with Gasteiger partial charge >= 0.3 is 0 Å². The molecular formula is C27H30N6O4S. The predicted molar refractivity (Wildman–Crippen MR) is 147 cm³/mol. The van der Waals surface area contributed by atoms with Gasteiger partial charge in [0.2, 0.25) is 5.88 Å². The molecule has 1 amide bonds. The molecule has 0 fully saturated rings. The summed E-state index contributed by atoms with van der Waals surface area (Å²) in [7, 11) is -4.27. The summed E-state index contributed by atoms with van der Waals surface area (Å²) in [6, 6.07) is 20.2. The Morgan fingerprint density at radius 2 is 1.71 bits per heavy atom. The molecule has 4 aromatic rings. The number of nitrogens with one attached hydrogen (secondary N) is 2. The summed E-state index contributed by atoms with van der Waals surface area (Å²) in [5.74, 6) is -0.163. The van der Waals surface area contributed by atoms with Crippen molar-refractivity contribution in [1.29, 1.82) is 0 Å². The first-order chi connectivity index (χ1) is 18.1. The number of sulfonamides is 1. The quantitative estimate of drug-likeness (QED) is 0.283. The number of nitrogens with zero attached hydrogens (tertiary/aromatic N) is 3. The highest BCUT2D eigenvalue weighted by molar-refractivity contribution is 7.90. The summed E-state index contributed by atoms with van der Waals surface area (Å²) in [5.41, 5.74) is 7.84. The van der Waals surface area contributed by atoms with E-state index >= 15 is 0 Å². The van der Waals surface area contributed by atoms with Gasteiger partial charge in [-0.25, -0.2) is 19.7 Å². The van der Waals surface area contributed by atoms with E-state index in [9.17, 15) is 13.2 Å². The van der Waals surface area contributed by atoms with E-state index in [1.807, 2.05) is 57.2 Å². The molecule has 0 radical (unpaired) electrons. The second-order valence-corrected chi connectivity index (χ2v) is 10.4. The topological polar surface area (TPSA) is 149 Å². The Balaban J connectivity index is 0.00000420. The van der Waals surface area contributed by atoms with Gasteiger partial charge < -0.3 is 15.8 Å². The van der Waals surface area contributed by atoms with Crippen LogP contribution < -0.4 is 20.5 Å². The van der Waals surface area contributed by atoms with E-state index in [0.717, 1.165) is 5.56 Å². The second kappa shape index (κ2) is 11.3. The third-order valence-corrected chi connectivity index (χ3v) is 6.66. The molecule has 0 saturated heterocycles. The molecule has 0 aliphatic rings. The Bertz CT molecular complexity index is 1530. The predicted octanol–water partition coefficient (Wildman–Crippen LogP) is 4.45. The van der Waals surface area contributed by atoms with Crippen LogP contribution in [0.4, 0.5) is 11.6 Å². The summed E-state index contributed by atoms with van der Waals surface area (Å²) in [4.78, 5) is 26.0. The normalized spacial score (nSPS) is 12.1. The smallest absolute Gasteiger partial charge is 0.281 e. The molecule has 198 valence electrons. The lowest BCUT2D eigenvalue weighted by Gasteiger charge is -2.18. The van der Waals surface area contributed by atoms with E-state index in [2.05, 4.69) is 25.0 Å². The van der Waals surface area contributed by atoms with E-state index in [0.29, 0.717) is 17.1 Å². The maximum absolute atomic E-state index is 13.2. The number of pyridine rings is 3. The zero-order valence-corrected chi connectivity index (χ0v) is 21.9. The fourth-order valence-corrected chi connectivity index (χ4v) is 4.54. The fourth-order valence-electron chi connectivity index (χ4n) is 3.60. The molecule has 11 heteroatoms. The van der Waals surface area contributed by atoms with Crippen LogP contribution in [0.1, 0.15) is 44.2 Å². The third-order valence-electron chi connectivity index (χ3n) is 5.43. The van der Waals surface area contributed by atoms with Gasteiger partial charge in [-0.3, -0.25) is 4.79 Å². The summed E-state index contributed by atoms with van der Waals surface area (Å²) in [5, 5.41) is 2.88. The Morgan fingerprint density at radius 1 is 0.947 bits per heavy atom. The zero-order chi connectivity index (χ0) is 27.3. The van der Waals surface area contributed by atoms with Crippen LogP contribution in [-0.4, -0.2) is 35.4 Å². The van der Waals surface area contributed by atoms with Crippen molar-refractivity contribution in [2.45, 2.75) is 37.9 Å². The number of carbonyl (C=O) groups excluding carboxylic acids is 1. The van der Waals surface area contributed by atoms with Crippen LogP contribution in [-0.2, 0) is 10.0 Å². The molecule has 10 nitrogen and oxygen atoms in total. The highest BCUT2D eigenvalue weighted by atomic mass is 32.2. The fraction of sp³-hybridized carbons (Fsp3) is 0.185. The number of aromatic nitrogens is 3. The number of rotatable bonds is 9. The first-order valence-corrected chi connectivity index (χ1v) is 13.4. The highest BCUT2D eigenvalue weighted by Crippen LogP contribution is 2.26. The van der Waals surface area contributed by atoms with Gasteiger partial charge in [-0.15, -0.1) is 0 Å². The third kappa shape index (κ3) is 6.43. The van der Waals surface area contributed by atoms with Crippen molar-refractivity contribution in [3.05, 3.63) is 90.1 Å². The Morgan fingerprint density at radius 3 is 2.37 bits per heavy atom. The van der Waals surface area contributed by atoms with E-state index in [1.54, 1.807) is 18.3 Å². The molecule has 0 aliphatic carbocycles. The molecule has 4 N–H and O–H groups in total. The van der Waals surface area contributed by atoms with E-state index in [-0.39, 0.29) is 35.8 Å². The van der Waals surface area contributed by atoms with Crippen molar-refractivity contribution in [1.82, 2.24) is 19.7 Å². The Hall–Kier alpha value is -4.51. The van der Waals surface area contributed by atoms with Gasteiger partial charge in [-0.2, -0.15) is 8.42 Å². The number of benzene rings is 1. The van der Waals surface area contributed by atoms with E-state index < -0.39 is 15.9 Å². The van der Waals surface area contributed by atoms with Crippen molar-refractivity contribution in [3.63, 3.8) is 0 Å². The monoisotopic (exact) mass is 534 g/mol. The zero-order valence-electron chi connectivity index (χ0n) is 21.1. The molecule has 0 bridgehead atoms. The van der Waals surface area contributed by atoms with Crippen LogP contribution in [0.3, 0.4) is 0 Å². The van der Waals surface area contributed by atoms with E-state index in [1.165, 1.54) is 24.3 Å². The van der Waals surface area contributed by atoms with Crippen LogP contribution >= 0.6 is 0 Å². The molecule has 1 atom stereocenters. The number of carbonyl (C=O) groups is 1. The number of nitrogen functional groups attached to an aromatic ring is 1. The van der Waals surface area contributed by atoms with Crippen LogP contribution in [0.25, 0.3) is 11.3 Å². The highest BCUT2D eigenvalue weighted by Gasteiger charge is 2.24. The van der Waals surface area contributed by atoms with Gasteiger partial charge in [-0.05, 0) is 56.7 Å². The van der Waals surface area contributed by atoms with Gasteiger partial charge in [-0.1, -0.05) is 36.4 Å². The largest absolute Gasteiger partial charge is 0.475 e. The van der Waals surface area contributed by atoms with Gasteiger partial charge in [0, 0.05) is 25.3 Å². The van der Waals surface area contributed by atoms with Gasteiger partial charge in [0.25, 0.3) is 15.9 Å². The first-order valence-electron chi connectivity index (χ1n) is 11.9. The summed E-state index contributed by atoms with van der Waals surface area (Å²) < 4.78 is 33.3.